The molecule has 26 heavy (non-hydrogen) atoms. The molecule has 0 aliphatic rings. The number of hydrogen-bond donors (Lipinski definition) is 2. The van der Waals surface area contributed by atoms with Gasteiger partial charge in [-0.2, -0.15) is 0 Å². The minimum absolute atomic E-state index is 0.152. The largest absolute Gasteiger partial charge is 0.385 e. The van der Waals surface area contributed by atoms with Crippen molar-refractivity contribution in [3.63, 3.8) is 0 Å². The molecule has 140 valence electrons. The van der Waals surface area contributed by atoms with Crippen molar-refractivity contribution in [3.05, 3.63) is 59.2 Å². The highest BCUT2D eigenvalue weighted by Crippen LogP contribution is 2.16. The van der Waals surface area contributed by atoms with Crippen LogP contribution >= 0.6 is 0 Å². The molecular formula is C19H24N2O4S. The molecule has 0 atom stereocenters. The third-order valence-corrected chi connectivity index (χ3v) is 5.49. The van der Waals surface area contributed by atoms with E-state index in [0.29, 0.717) is 30.8 Å². The van der Waals surface area contributed by atoms with Gasteiger partial charge in [-0.15, -0.1) is 0 Å². The second-order valence-corrected chi connectivity index (χ2v) is 7.79. The normalized spacial score (nSPS) is 11.3. The van der Waals surface area contributed by atoms with Crippen LogP contribution in [0.4, 0.5) is 5.69 Å². The summed E-state index contributed by atoms with van der Waals surface area (Å²) in [5, 5.41) is 2.77. The first-order valence-electron chi connectivity index (χ1n) is 8.31. The SMILES string of the molecule is COCCCNS(=O)(=O)c1ccc(NC(=O)c2ccc(C)c(C)c2)cc1. The number of benzene rings is 2. The van der Waals surface area contributed by atoms with Gasteiger partial charge in [-0.3, -0.25) is 4.79 Å². The topological polar surface area (TPSA) is 84.5 Å². The molecule has 1 amide bonds. The monoisotopic (exact) mass is 376 g/mol. The lowest BCUT2D eigenvalue weighted by molar-refractivity contribution is 0.102. The number of rotatable bonds is 8. The van der Waals surface area contributed by atoms with E-state index in [-0.39, 0.29) is 10.8 Å². The lowest BCUT2D eigenvalue weighted by atomic mass is 10.1. The second-order valence-electron chi connectivity index (χ2n) is 6.02. The average molecular weight is 376 g/mol. The summed E-state index contributed by atoms with van der Waals surface area (Å²) in [6.45, 7) is 4.73. The van der Waals surface area contributed by atoms with Crippen molar-refractivity contribution >= 4 is 21.6 Å². The Labute approximate surface area is 154 Å². The maximum Gasteiger partial charge on any atom is 0.255 e. The van der Waals surface area contributed by atoms with Gasteiger partial charge < -0.3 is 10.1 Å². The van der Waals surface area contributed by atoms with Crippen LogP contribution in [0.25, 0.3) is 0 Å². The van der Waals surface area contributed by atoms with Crippen LogP contribution in [0, 0.1) is 13.8 Å². The Morgan fingerprint density at radius 2 is 1.73 bits per heavy atom. The molecule has 0 saturated carbocycles. The number of carbonyl (C=O) groups excluding carboxylic acids is 1. The maximum atomic E-state index is 12.3. The zero-order valence-electron chi connectivity index (χ0n) is 15.2. The number of aryl methyl sites for hydroxylation is 2. The first kappa shape index (κ1) is 20.1. The van der Waals surface area contributed by atoms with E-state index in [4.69, 9.17) is 4.74 Å². The van der Waals surface area contributed by atoms with E-state index >= 15 is 0 Å². The molecule has 6 nitrogen and oxygen atoms in total. The zero-order valence-corrected chi connectivity index (χ0v) is 16.0. The van der Waals surface area contributed by atoms with E-state index < -0.39 is 10.0 Å². The molecule has 0 aliphatic carbocycles. The van der Waals surface area contributed by atoms with Crippen molar-refractivity contribution in [1.29, 1.82) is 0 Å². The van der Waals surface area contributed by atoms with Crippen LogP contribution in [0.2, 0.25) is 0 Å². The Morgan fingerprint density at radius 3 is 2.35 bits per heavy atom. The molecule has 0 bridgehead atoms. The van der Waals surface area contributed by atoms with E-state index in [1.807, 2.05) is 26.0 Å². The van der Waals surface area contributed by atoms with Gasteiger partial charge in [0.05, 0.1) is 4.90 Å². The van der Waals surface area contributed by atoms with E-state index in [0.717, 1.165) is 11.1 Å². The van der Waals surface area contributed by atoms with Crippen molar-refractivity contribution in [1.82, 2.24) is 4.72 Å². The molecule has 2 rings (SSSR count). The standard InChI is InChI=1S/C19H24N2O4S/c1-14-5-6-16(13-15(14)2)19(22)21-17-7-9-18(10-8-17)26(23,24)20-11-4-12-25-3/h5-10,13,20H,4,11-12H2,1-3H3,(H,21,22). The molecule has 0 aromatic heterocycles. The number of methoxy groups -OCH3 is 1. The minimum Gasteiger partial charge on any atom is -0.385 e. The van der Waals surface area contributed by atoms with Crippen LogP contribution in [0.15, 0.2) is 47.4 Å². The fourth-order valence-corrected chi connectivity index (χ4v) is 3.38. The smallest absolute Gasteiger partial charge is 0.255 e. The van der Waals surface area contributed by atoms with Gasteiger partial charge in [0.15, 0.2) is 0 Å². The van der Waals surface area contributed by atoms with Crippen molar-refractivity contribution in [3.8, 4) is 0 Å². The Bertz CT molecular complexity index is 862. The first-order valence-corrected chi connectivity index (χ1v) is 9.79. The van der Waals surface area contributed by atoms with E-state index in [1.54, 1.807) is 25.3 Å². The summed E-state index contributed by atoms with van der Waals surface area (Å²) in [5.74, 6) is -0.235. The van der Waals surface area contributed by atoms with E-state index in [9.17, 15) is 13.2 Å². The Hall–Kier alpha value is -2.22. The van der Waals surface area contributed by atoms with Gasteiger partial charge in [0.25, 0.3) is 5.91 Å². The number of amides is 1. The zero-order chi connectivity index (χ0) is 19.2. The van der Waals surface area contributed by atoms with Gasteiger partial charge in [0.1, 0.15) is 0 Å². The lowest BCUT2D eigenvalue weighted by Gasteiger charge is -2.09. The molecular weight excluding hydrogens is 352 g/mol. The van der Waals surface area contributed by atoms with Crippen LogP contribution in [-0.4, -0.2) is 34.6 Å². The fraction of sp³-hybridized carbons (Fsp3) is 0.316. The van der Waals surface area contributed by atoms with Gasteiger partial charge in [-0.25, -0.2) is 13.1 Å². The van der Waals surface area contributed by atoms with Crippen LogP contribution in [-0.2, 0) is 14.8 Å². The molecule has 2 aromatic rings. The highest BCUT2D eigenvalue weighted by Gasteiger charge is 2.13. The van der Waals surface area contributed by atoms with Crippen molar-refractivity contribution < 1.29 is 17.9 Å². The Balaban J connectivity index is 2.02. The predicted molar refractivity (Wildman–Crippen MR) is 102 cm³/mol. The van der Waals surface area contributed by atoms with Gasteiger partial charge in [-0.1, -0.05) is 6.07 Å². The molecule has 2 N–H and O–H groups in total. The third-order valence-electron chi connectivity index (χ3n) is 4.01. The number of carbonyl (C=O) groups is 1. The molecule has 0 radical (unpaired) electrons. The molecule has 0 fully saturated rings. The van der Waals surface area contributed by atoms with Crippen molar-refractivity contribution in [2.24, 2.45) is 0 Å². The Morgan fingerprint density at radius 1 is 1.04 bits per heavy atom. The van der Waals surface area contributed by atoms with Crippen LogP contribution in [0.1, 0.15) is 27.9 Å². The van der Waals surface area contributed by atoms with Crippen LogP contribution in [0.5, 0.6) is 0 Å². The number of nitrogens with one attached hydrogen (secondary N) is 2. The number of hydrogen-bond acceptors (Lipinski definition) is 4. The van der Waals surface area contributed by atoms with Crippen molar-refractivity contribution in [2.45, 2.75) is 25.2 Å². The molecule has 2 aromatic carbocycles. The predicted octanol–water partition coefficient (Wildman–Crippen LogP) is 2.87. The van der Waals surface area contributed by atoms with Gasteiger partial charge in [0, 0.05) is 31.5 Å². The number of ether oxygens (including phenoxy) is 1. The summed E-state index contributed by atoms with van der Waals surface area (Å²) >= 11 is 0. The Kier molecular flexibility index (Phi) is 6.90. The van der Waals surface area contributed by atoms with Gasteiger partial charge in [0.2, 0.25) is 10.0 Å². The third kappa shape index (κ3) is 5.39. The molecule has 0 heterocycles. The molecule has 0 aliphatic heterocycles. The lowest BCUT2D eigenvalue weighted by Crippen LogP contribution is -2.25. The van der Waals surface area contributed by atoms with E-state index in [2.05, 4.69) is 10.0 Å². The quantitative estimate of drug-likeness (QED) is 0.694. The number of anilines is 1. The van der Waals surface area contributed by atoms with E-state index in [1.165, 1.54) is 12.1 Å². The second kappa shape index (κ2) is 8.93. The summed E-state index contributed by atoms with van der Waals surface area (Å²) in [5.41, 5.74) is 3.25. The van der Waals surface area contributed by atoms with Gasteiger partial charge in [-0.05, 0) is 67.8 Å². The summed E-state index contributed by atoms with van der Waals surface area (Å²) in [7, 11) is -2.00. The summed E-state index contributed by atoms with van der Waals surface area (Å²) in [6, 6.07) is 11.6. The summed E-state index contributed by atoms with van der Waals surface area (Å²) in [6.07, 6.45) is 0.597. The minimum atomic E-state index is -3.57. The number of sulfonamides is 1. The van der Waals surface area contributed by atoms with Crippen LogP contribution in [0.3, 0.4) is 0 Å². The molecule has 0 unspecified atom stereocenters. The highest BCUT2D eigenvalue weighted by atomic mass is 32.2. The molecule has 0 spiro atoms. The van der Waals surface area contributed by atoms with Gasteiger partial charge >= 0.3 is 0 Å². The fourth-order valence-electron chi connectivity index (χ4n) is 2.31. The van der Waals surface area contributed by atoms with Crippen LogP contribution < -0.4 is 10.0 Å². The summed E-state index contributed by atoms with van der Waals surface area (Å²) in [4.78, 5) is 12.5. The average Bonchev–Trinajstić information content (AvgIpc) is 2.61. The molecule has 0 saturated heterocycles. The maximum absolute atomic E-state index is 12.3. The first-order chi connectivity index (χ1) is 12.3. The highest BCUT2D eigenvalue weighted by molar-refractivity contribution is 7.89. The molecule has 7 heteroatoms. The summed E-state index contributed by atoms with van der Waals surface area (Å²) < 4.78 is 31.8. The van der Waals surface area contributed by atoms with Crippen molar-refractivity contribution in [2.75, 3.05) is 25.6 Å².